The Morgan fingerprint density at radius 2 is 1.76 bits per heavy atom. The zero-order valence-corrected chi connectivity index (χ0v) is 19.5. The third-order valence-corrected chi connectivity index (χ3v) is 6.39. The van der Waals surface area contributed by atoms with Crippen molar-refractivity contribution in [3.8, 4) is 5.75 Å². The molecule has 0 spiro atoms. The zero-order chi connectivity index (χ0) is 23.2. The number of methoxy groups -OCH3 is 1. The third kappa shape index (κ3) is 5.54. The van der Waals surface area contributed by atoms with E-state index in [1.54, 1.807) is 7.11 Å². The van der Waals surface area contributed by atoms with Crippen LogP contribution in [0.4, 0.5) is 11.4 Å². The highest BCUT2D eigenvalue weighted by molar-refractivity contribution is 7.80. The van der Waals surface area contributed by atoms with E-state index in [1.807, 2.05) is 52.3 Å². The normalized spacial score (nSPS) is 18.5. The fourth-order valence-electron chi connectivity index (χ4n) is 4.18. The Bertz CT molecular complexity index is 977. The van der Waals surface area contributed by atoms with E-state index in [-0.39, 0.29) is 18.2 Å². The van der Waals surface area contributed by atoms with Crippen LogP contribution in [-0.4, -0.2) is 79.1 Å². The van der Waals surface area contributed by atoms with Crippen molar-refractivity contribution in [3.05, 3.63) is 54.6 Å². The first-order valence-corrected chi connectivity index (χ1v) is 11.5. The van der Waals surface area contributed by atoms with Crippen LogP contribution in [0.3, 0.4) is 0 Å². The van der Waals surface area contributed by atoms with E-state index < -0.39 is 6.04 Å². The predicted octanol–water partition coefficient (Wildman–Crippen LogP) is 1.93. The van der Waals surface area contributed by atoms with Gasteiger partial charge in [0.25, 0.3) is 0 Å². The number of nitrogens with zero attached hydrogens (tertiary/aromatic N) is 3. The summed E-state index contributed by atoms with van der Waals surface area (Å²) in [7, 11) is 1.61. The zero-order valence-electron chi connectivity index (χ0n) is 18.7. The van der Waals surface area contributed by atoms with Gasteiger partial charge in [-0.3, -0.25) is 9.59 Å². The quantitative estimate of drug-likeness (QED) is 0.651. The molecule has 0 unspecified atom stereocenters. The highest BCUT2D eigenvalue weighted by Crippen LogP contribution is 2.19. The third-order valence-electron chi connectivity index (χ3n) is 6.05. The lowest BCUT2D eigenvalue weighted by Gasteiger charge is -2.39. The Morgan fingerprint density at radius 3 is 2.42 bits per heavy atom. The molecule has 2 fully saturated rings. The topological polar surface area (TPSA) is 77.1 Å². The molecule has 174 valence electrons. The molecule has 0 radical (unpaired) electrons. The van der Waals surface area contributed by atoms with Crippen LogP contribution < -0.4 is 20.3 Å². The second-order valence-electron chi connectivity index (χ2n) is 8.07. The summed E-state index contributed by atoms with van der Waals surface area (Å²) in [5.74, 6) is 0.554. The smallest absolute Gasteiger partial charge is 0.243 e. The van der Waals surface area contributed by atoms with Gasteiger partial charge < -0.3 is 30.1 Å². The molecule has 0 bridgehead atoms. The van der Waals surface area contributed by atoms with Crippen LogP contribution >= 0.6 is 12.2 Å². The fourth-order valence-corrected chi connectivity index (χ4v) is 4.51. The molecule has 2 saturated heterocycles. The summed E-state index contributed by atoms with van der Waals surface area (Å²) in [5.41, 5.74) is 1.96. The molecule has 1 atom stereocenters. The maximum atomic E-state index is 13.1. The first kappa shape index (κ1) is 22.8. The van der Waals surface area contributed by atoms with Gasteiger partial charge in [0, 0.05) is 50.6 Å². The second kappa shape index (κ2) is 10.5. The number of ether oxygens (including phenoxy) is 1. The summed E-state index contributed by atoms with van der Waals surface area (Å²) in [4.78, 5) is 31.7. The van der Waals surface area contributed by atoms with Gasteiger partial charge in [0.2, 0.25) is 11.8 Å². The molecule has 2 aromatic rings. The lowest BCUT2D eigenvalue weighted by Crippen LogP contribution is -2.60. The van der Waals surface area contributed by atoms with E-state index in [4.69, 9.17) is 17.0 Å². The number of hydrogen-bond donors (Lipinski definition) is 2. The van der Waals surface area contributed by atoms with E-state index in [2.05, 4.69) is 27.7 Å². The Kier molecular flexibility index (Phi) is 7.29. The molecule has 4 rings (SSSR count). The van der Waals surface area contributed by atoms with Crippen LogP contribution in [0.2, 0.25) is 0 Å². The van der Waals surface area contributed by atoms with Crippen LogP contribution in [0.5, 0.6) is 5.75 Å². The van der Waals surface area contributed by atoms with E-state index in [0.29, 0.717) is 31.3 Å². The number of carbonyl (C=O) groups is 2. The molecule has 33 heavy (non-hydrogen) atoms. The van der Waals surface area contributed by atoms with Gasteiger partial charge in [0.15, 0.2) is 5.11 Å². The molecule has 0 aromatic heterocycles. The summed E-state index contributed by atoms with van der Waals surface area (Å²) in [5, 5.41) is 6.48. The van der Waals surface area contributed by atoms with E-state index in [9.17, 15) is 9.59 Å². The van der Waals surface area contributed by atoms with Crippen molar-refractivity contribution in [2.75, 3.05) is 56.6 Å². The average molecular weight is 468 g/mol. The minimum atomic E-state index is -0.628. The summed E-state index contributed by atoms with van der Waals surface area (Å²) < 4.78 is 5.19. The van der Waals surface area contributed by atoms with Crippen LogP contribution in [0, 0.1) is 0 Å². The maximum absolute atomic E-state index is 13.1. The molecule has 0 aliphatic carbocycles. The van der Waals surface area contributed by atoms with E-state index in [0.717, 1.165) is 30.2 Å². The molecular formula is C24H29N5O3S. The van der Waals surface area contributed by atoms with Crippen molar-refractivity contribution in [3.63, 3.8) is 0 Å². The predicted molar refractivity (Wildman–Crippen MR) is 133 cm³/mol. The van der Waals surface area contributed by atoms with Gasteiger partial charge in [-0.1, -0.05) is 18.2 Å². The van der Waals surface area contributed by atoms with Gasteiger partial charge in [-0.2, -0.15) is 0 Å². The number of anilines is 2. The number of para-hydroxylation sites is 1. The van der Waals surface area contributed by atoms with Gasteiger partial charge in [-0.05, 0) is 48.6 Å². The van der Waals surface area contributed by atoms with Crippen molar-refractivity contribution in [1.82, 2.24) is 15.1 Å². The number of hydrogen-bond acceptors (Lipinski definition) is 5. The largest absolute Gasteiger partial charge is 0.497 e. The van der Waals surface area contributed by atoms with E-state index in [1.165, 1.54) is 0 Å². The van der Waals surface area contributed by atoms with Crippen LogP contribution in [0.25, 0.3) is 0 Å². The van der Waals surface area contributed by atoms with Gasteiger partial charge in [0.1, 0.15) is 11.8 Å². The standard InChI is InChI=1S/C24H29N5O3S/c1-32-20-9-7-18(8-10-20)26-24(33)29-12-11-25-23(31)21(29)17-22(30)28-15-13-27(14-16-28)19-5-3-2-4-6-19/h2-10,21H,11-17H2,1H3,(H,25,31)(H,26,33)/t21-/m1/s1. The second-order valence-corrected chi connectivity index (χ2v) is 8.45. The summed E-state index contributed by atoms with van der Waals surface area (Å²) in [6.07, 6.45) is 0.0988. The molecule has 2 aromatic carbocycles. The van der Waals surface area contributed by atoms with Crippen LogP contribution in [0.1, 0.15) is 6.42 Å². The van der Waals surface area contributed by atoms with Crippen molar-refractivity contribution >= 4 is 40.5 Å². The molecular weight excluding hydrogens is 438 g/mol. The highest BCUT2D eigenvalue weighted by Gasteiger charge is 2.35. The van der Waals surface area contributed by atoms with E-state index >= 15 is 0 Å². The van der Waals surface area contributed by atoms with Crippen LogP contribution in [0.15, 0.2) is 54.6 Å². The summed E-state index contributed by atoms with van der Waals surface area (Å²) in [6, 6.07) is 17.0. The number of piperazine rings is 2. The van der Waals surface area contributed by atoms with Gasteiger partial charge in [-0.15, -0.1) is 0 Å². The average Bonchev–Trinajstić information content (AvgIpc) is 2.86. The first-order valence-electron chi connectivity index (χ1n) is 11.1. The number of amides is 2. The van der Waals surface area contributed by atoms with Crippen molar-refractivity contribution in [2.24, 2.45) is 0 Å². The molecule has 2 N–H and O–H groups in total. The minimum Gasteiger partial charge on any atom is -0.497 e. The molecule has 0 saturated carbocycles. The Labute approximate surface area is 199 Å². The van der Waals surface area contributed by atoms with Crippen molar-refractivity contribution in [1.29, 1.82) is 0 Å². The molecule has 2 heterocycles. The summed E-state index contributed by atoms with van der Waals surface area (Å²) >= 11 is 5.60. The SMILES string of the molecule is COc1ccc(NC(=S)N2CCNC(=O)[C@H]2CC(=O)N2CCN(c3ccccc3)CC2)cc1. The van der Waals surface area contributed by atoms with Crippen molar-refractivity contribution < 1.29 is 14.3 Å². The molecule has 8 nitrogen and oxygen atoms in total. The van der Waals surface area contributed by atoms with Crippen molar-refractivity contribution in [2.45, 2.75) is 12.5 Å². The van der Waals surface area contributed by atoms with Gasteiger partial charge in [-0.25, -0.2) is 0 Å². The highest BCUT2D eigenvalue weighted by atomic mass is 32.1. The molecule has 2 aliphatic rings. The fraction of sp³-hybridized carbons (Fsp3) is 0.375. The van der Waals surface area contributed by atoms with Crippen LogP contribution in [-0.2, 0) is 9.59 Å². The minimum absolute atomic E-state index is 0.0259. The summed E-state index contributed by atoms with van der Waals surface area (Å²) in [6.45, 7) is 3.85. The molecule has 9 heteroatoms. The number of carbonyl (C=O) groups excluding carboxylic acids is 2. The Morgan fingerprint density at radius 1 is 1.06 bits per heavy atom. The molecule has 2 amide bonds. The number of nitrogens with one attached hydrogen (secondary N) is 2. The number of thiocarbonyl (C=S) groups is 1. The van der Waals surface area contributed by atoms with Gasteiger partial charge in [0.05, 0.1) is 13.5 Å². The first-order chi connectivity index (χ1) is 16.0. The molecule has 2 aliphatic heterocycles. The van der Waals surface area contributed by atoms with Gasteiger partial charge >= 0.3 is 0 Å². The maximum Gasteiger partial charge on any atom is 0.243 e. The lowest BCUT2D eigenvalue weighted by atomic mass is 10.1. The number of rotatable bonds is 5. The monoisotopic (exact) mass is 467 g/mol. The Hall–Kier alpha value is -3.33. The lowest BCUT2D eigenvalue weighted by molar-refractivity contribution is -0.137. The Balaban J connectivity index is 1.36. The number of benzene rings is 2.